The molecule has 1 aliphatic rings. The first-order valence-electron chi connectivity index (χ1n) is 9.45. The van der Waals surface area contributed by atoms with E-state index in [0.717, 1.165) is 12.8 Å². The van der Waals surface area contributed by atoms with Crippen LogP contribution in [0.2, 0.25) is 0 Å². The molecule has 3 rings (SSSR count). The summed E-state index contributed by atoms with van der Waals surface area (Å²) < 4.78 is 5.51. The van der Waals surface area contributed by atoms with Crippen LogP contribution in [0.15, 0.2) is 36.4 Å². The Hall–Kier alpha value is -2.82. The van der Waals surface area contributed by atoms with Crippen LogP contribution in [0.3, 0.4) is 0 Å². The van der Waals surface area contributed by atoms with E-state index in [4.69, 9.17) is 10.5 Å². The number of benzene rings is 2. The average Bonchev–Trinajstić information content (AvgIpc) is 2.63. The fraction of sp³-hybridized carbons (Fsp3) is 0.391. The summed E-state index contributed by atoms with van der Waals surface area (Å²) in [5.41, 5.74) is 8.44. The molecule has 5 nitrogen and oxygen atoms in total. The summed E-state index contributed by atoms with van der Waals surface area (Å²) in [6.07, 6.45) is 2.20. The van der Waals surface area contributed by atoms with Crippen molar-refractivity contribution in [3.05, 3.63) is 58.7 Å². The van der Waals surface area contributed by atoms with E-state index >= 15 is 0 Å². The lowest BCUT2D eigenvalue weighted by Crippen LogP contribution is -2.34. The fourth-order valence-corrected chi connectivity index (χ4v) is 3.80. The van der Waals surface area contributed by atoms with Gasteiger partial charge in [0.2, 0.25) is 0 Å². The van der Waals surface area contributed by atoms with Gasteiger partial charge >= 0.3 is 0 Å². The molecule has 0 heterocycles. The zero-order chi connectivity index (χ0) is 20.7. The molecule has 0 atom stereocenters. The number of ketones is 1. The Morgan fingerprint density at radius 2 is 1.64 bits per heavy atom. The number of carbonyl (C=O) groups excluding carboxylic acids is 2. The van der Waals surface area contributed by atoms with Gasteiger partial charge in [-0.1, -0.05) is 39.8 Å². The number of amides is 1. The summed E-state index contributed by atoms with van der Waals surface area (Å²) in [5.74, 6) is -0.828. The zero-order valence-electron chi connectivity index (χ0n) is 16.8. The summed E-state index contributed by atoms with van der Waals surface area (Å²) in [4.78, 5) is 23.8. The molecule has 3 N–H and O–H groups in total. The number of ether oxygens (including phenoxy) is 1. The van der Waals surface area contributed by atoms with Gasteiger partial charge in [-0.25, -0.2) is 0 Å². The minimum absolute atomic E-state index is 0.0122. The summed E-state index contributed by atoms with van der Waals surface area (Å²) in [5, 5.41) is 9.82. The summed E-state index contributed by atoms with van der Waals surface area (Å²) in [7, 11) is 0. The second-order valence-electron chi connectivity index (χ2n) is 8.78. The quantitative estimate of drug-likeness (QED) is 0.763. The standard InChI is InChI=1S/C23H27NO4/c1-22(2)9-10-23(3,4)18-11-14(5-8-17(18)22)20(26)13-28-15-6-7-16(21(24)27)19(25)12-15/h5-8,11-12,25H,9-10,13H2,1-4H3,(H2,24,27). The number of hydrogen-bond donors (Lipinski definition) is 2. The molecule has 0 fully saturated rings. The Morgan fingerprint density at radius 3 is 2.25 bits per heavy atom. The van der Waals surface area contributed by atoms with E-state index in [0.29, 0.717) is 11.3 Å². The van der Waals surface area contributed by atoms with E-state index in [1.54, 1.807) is 0 Å². The number of hydrogen-bond acceptors (Lipinski definition) is 4. The van der Waals surface area contributed by atoms with E-state index in [1.165, 1.54) is 29.3 Å². The van der Waals surface area contributed by atoms with Crippen molar-refractivity contribution in [1.29, 1.82) is 0 Å². The van der Waals surface area contributed by atoms with Crippen molar-refractivity contribution in [1.82, 2.24) is 0 Å². The highest BCUT2D eigenvalue weighted by atomic mass is 16.5. The van der Waals surface area contributed by atoms with Gasteiger partial charge in [0, 0.05) is 11.6 Å². The van der Waals surface area contributed by atoms with Gasteiger partial charge < -0.3 is 15.6 Å². The third-order valence-corrected chi connectivity index (χ3v) is 5.78. The van der Waals surface area contributed by atoms with Crippen molar-refractivity contribution >= 4 is 11.7 Å². The van der Waals surface area contributed by atoms with Crippen molar-refractivity contribution in [2.45, 2.75) is 51.4 Å². The van der Waals surface area contributed by atoms with Crippen LogP contribution in [0.5, 0.6) is 11.5 Å². The van der Waals surface area contributed by atoms with Crippen LogP contribution >= 0.6 is 0 Å². The van der Waals surface area contributed by atoms with Gasteiger partial charge in [-0.2, -0.15) is 0 Å². The second-order valence-corrected chi connectivity index (χ2v) is 8.78. The van der Waals surface area contributed by atoms with Crippen LogP contribution in [0, 0.1) is 0 Å². The largest absolute Gasteiger partial charge is 0.507 e. The van der Waals surface area contributed by atoms with E-state index in [9.17, 15) is 14.7 Å². The third kappa shape index (κ3) is 3.75. The summed E-state index contributed by atoms with van der Waals surface area (Å²) in [6, 6.07) is 10.1. The minimum Gasteiger partial charge on any atom is -0.507 e. The van der Waals surface area contributed by atoms with Gasteiger partial charge in [0.05, 0.1) is 5.56 Å². The Kier molecular flexibility index (Phi) is 4.96. The minimum atomic E-state index is -0.722. The Balaban J connectivity index is 1.79. The van der Waals surface area contributed by atoms with Crippen molar-refractivity contribution in [3.63, 3.8) is 0 Å². The monoisotopic (exact) mass is 381 g/mol. The summed E-state index contributed by atoms with van der Waals surface area (Å²) >= 11 is 0. The van der Waals surface area contributed by atoms with Gasteiger partial charge in [-0.05, 0) is 53.0 Å². The van der Waals surface area contributed by atoms with E-state index in [2.05, 4.69) is 33.8 Å². The molecule has 0 aliphatic heterocycles. The van der Waals surface area contributed by atoms with Crippen molar-refractivity contribution < 1.29 is 19.4 Å². The number of aromatic hydroxyl groups is 1. The highest BCUT2D eigenvalue weighted by Gasteiger charge is 2.37. The number of fused-ring (bicyclic) bond motifs is 1. The lowest BCUT2D eigenvalue weighted by atomic mass is 9.63. The smallest absolute Gasteiger partial charge is 0.252 e. The van der Waals surface area contributed by atoms with Gasteiger partial charge in [0.1, 0.15) is 11.5 Å². The number of rotatable bonds is 5. The van der Waals surface area contributed by atoms with Crippen molar-refractivity contribution in [2.24, 2.45) is 5.73 Å². The van der Waals surface area contributed by atoms with Crippen LogP contribution in [0.25, 0.3) is 0 Å². The molecule has 5 heteroatoms. The normalized spacial score (nSPS) is 16.9. The molecule has 0 spiro atoms. The molecule has 2 aromatic carbocycles. The van der Waals surface area contributed by atoms with Crippen LogP contribution in [-0.2, 0) is 10.8 Å². The number of Topliss-reactive ketones (excluding diaryl/α,β-unsaturated/α-hetero) is 1. The Bertz CT molecular complexity index is 944. The topological polar surface area (TPSA) is 89.6 Å². The van der Waals surface area contributed by atoms with Gasteiger partial charge in [-0.3, -0.25) is 9.59 Å². The van der Waals surface area contributed by atoms with Crippen LogP contribution < -0.4 is 10.5 Å². The number of phenols is 1. The maximum absolute atomic E-state index is 12.7. The lowest BCUT2D eigenvalue weighted by molar-refractivity contribution is 0.0919. The Labute approximate surface area is 165 Å². The fourth-order valence-electron chi connectivity index (χ4n) is 3.80. The van der Waals surface area contributed by atoms with E-state index < -0.39 is 5.91 Å². The first-order chi connectivity index (χ1) is 13.0. The molecule has 0 saturated carbocycles. The molecule has 1 aliphatic carbocycles. The molecule has 0 radical (unpaired) electrons. The summed E-state index contributed by atoms with van der Waals surface area (Å²) in [6.45, 7) is 8.77. The van der Waals surface area contributed by atoms with E-state index in [-0.39, 0.29) is 34.5 Å². The highest BCUT2D eigenvalue weighted by molar-refractivity contribution is 5.98. The molecule has 2 aromatic rings. The molecular formula is C23H27NO4. The average molecular weight is 381 g/mol. The van der Waals surface area contributed by atoms with Crippen LogP contribution in [0.1, 0.15) is 72.4 Å². The predicted octanol–water partition coefficient (Wildman–Crippen LogP) is 4.10. The third-order valence-electron chi connectivity index (χ3n) is 5.78. The van der Waals surface area contributed by atoms with E-state index in [1.807, 2.05) is 12.1 Å². The molecule has 1 amide bonds. The first kappa shape index (κ1) is 19.9. The predicted molar refractivity (Wildman–Crippen MR) is 108 cm³/mol. The number of primary amides is 1. The van der Waals surface area contributed by atoms with Crippen LogP contribution in [0.4, 0.5) is 0 Å². The van der Waals surface area contributed by atoms with Gasteiger partial charge in [-0.15, -0.1) is 0 Å². The van der Waals surface area contributed by atoms with Crippen molar-refractivity contribution in [2.75, 3.05) is 6.61 Å². The van der Waals surface area contributed by atoms with Gasteiger partial charge in [0.25, 0.3) is 5.91 Å². The number of nitrogens with two attached hydrogens (primary N) is 1. The SMILES string of the molecule is CC1(C)CCC(C)(C)c2cc(C(=O)COc3ccc(C(N)=O)c(O)c3)ccc21. The Morgan fingerprint density at radius 1 is 1.00 bits per heavy atom. The maximum Gasteiger partial charge on any atom is 0.252 e. The van der Waals surface area contributed by atoms with Crippen molar-refractivity contribution in [3.8, 4) is 11.5 Å². The molecule has 0 saturated heterocycles. The van der Waals surface area contributed by atoms with Crippen LogP contribution in [-0.4, -0.2) is 23.4 Å². The molecule has 148 valence electrons. The van der Waals surface area contributed by atoms with Gasteiger partial charge in [0.15, 0.2) is 12.4 Å². The molecular weight excluding hydrogens is 354 g/mol. The number of carbonyl (C=O) groups is 2. The zero-order valence-corrected chi connectivity index (χ0v) is 16.8. The highest BCUT2D eigenvalue weighted by Crippen LogP contribution is 2.45. The molecule has 0 unspecified atom stereocenters. The molecule has 0 bridgehead atoms. The molecule has 0 aromatic heterocycles. The maximum atomic E-state index is 12.7. The molecule has 28 heavy (non-hydrogen) atoms. The first-order valence-corrected chi connectivity index (χ1v) is 9.45. The lowest BCUT2D eigenvalue weighted by Gasteiger charge is -2.42. The second kappa shape index (κ2) is 6.97.